The quantitative estimate of drug-likeness (QED) is 0.792. The zero-order valence-electron chi connectivity index (χ0n) is 10.5. The highest BCUT2D eigenvalue weighted by Gasteiger charge is 2.39. The van der Waals surface area contributed by atoms with Crippen LogP contribution in [0.3, 0.4) is 0 Å². The predicted octanol–water partition coefficient (Wildman–Crippen LogP) is 1.47. The van der Waals surface area contributed by atoms with Crippen molar-refractivity contribution in [2.45, 2.75) is 46.2 Å². The number of hydrogen-bond acceptors (Lipinski definition) is 3. The summed E-state index contributed by atoms with van der Waals surface area (Å²) in [6.07, 6.45) is 4.03. The minimum Gasteiger partial charge on any atom is -0.314 e. The van der Waals surface area contributed by atoms with E-state index in [4.69, 9.17) is 0 Å². The largest absolute Gasteiger partial charge is 0.314 e. The molecule has 0 amide bonds. The Morgan fingerprint density at radius 2 is 2.31 bits per heavy atom. The van der Waals surface area contributed by atoms with Crippen molar-refractivity contribution < 1.29 is 0 Å². The fourth-order valence-corrected chi connectivity index (χ4v) is 2.46. The van der Waals surface area contributed by atoms with Gasteiger partial charge >= 0.3 is 0 Å². The van der Waals surface area contributed by atoms with Gasteiger partial charge < -0.3 is 5.32 Å². The van der Waals surface area contributed by atoms with Crippen LogP contribution < -0.4 is 5.32 Å². The van der Waals surface area contributed by atoms with Crippen LogP contribution in [0.25, 0.3) is 0 Å². The lowest BCUT2D eigenvalue weighted by Crippen LogP contribution is -2.34. The second-order valence-corrected chi connectivity index (χ2v) is 4.74. The molecule has 1 saturated carbocycles. The Balaban J connectivity index is 1.99. The van der Waals surface area contributed by atoms with Gasteiger partial charge in [-0.3, -0.25) is 4.68 Å². The number of rotatable bonds is 6. The van der Waals surface area contributed by atoms with E-state index < -0.39 is 0 Å². The molecule has 3 unspecified atom stereocenters. The second-order valence-electron chi connectivity index (χ2n) is 4.74. The van der Waals surface area contributed by atoms with E-state index in [1.165, 1.54) is 6.42 Å². The molecule has 0 saturated heterocycles. The Morgan fingerprint density at radius 3 is 2.88 bits per heavy atom. The third-order valence-electron chi connectivity index (χ3n) is 3.55. The molecule has 1 aromatic heterocycles. The van der Waals surface area contributed by atoms with E-state index in [2.05, 4.69) is 36.2 Å². The summed E-state index contributed by atoms with van der Waals surface area (Å²) in [6, 6.07) is 0.578. The highest BCUT2D eigenvalue weighted by Crippen LogP contribution is 2.41. The van der Waals surface area contributed by atoms with Gasteiger partial charge in [0.05, 0.1) is 0 Å². The Labute approximate surface area is 97.5 Å². The van der Waals surface area contributed by atoms with Gasteiger partial charge in [-0.2, -0.15) is 5.10 Å². The summed E-state index contributed by atoms with van der Waals surface area (Å²) in [4.78, 5) is 4.36. The summed E-state index contributed by atoms with van der Waals surface area (Å²) in [7, 11) is 0. The van der Waals surface area contributed by atoms with Crippen molar-refractivity contribution in [3.8, 4) is 0 Å². The molecular formula is C12H22N4. The SMILES string of the molecule is CCNC(Cc1ncnn1CC)C1CC1C. The second kappa shape index (κ2) is 4.95. The number of nitrogens with one attached hydrogen (secondary N) is 1. The van der Waals surface area contributed by atoms with Crippen LogP contribution >= 0.6 is 0 Å². The van der Waals surface area contributed by atoms with Gasteiger partial charge in [0.15, 0.2) is 0 Å². The molecule has 1 N–H and O–H groups in total. The van der Waals surface area contributed by atoms with E-state index in [-0.39, 0.29) is 0 Å². The Hall–Kier alpha value is -0.900. The molecule has 3 atom stereocenters. The maximum Gasteiger partial charge on any atom is 0.138 e. The maximum absolute atomic E-state index is 4.36. The molecule has 1 aliphatic rings. The lowest BCUT2D eigenvalue weighted by molar-refractivity contribution is 0.435. The van der Waals surface area contributed by atoms with E-state index >= 15 is 0 Å². The van der Waals surface area contributed by atoms with Crippen molar-refractivity contribution in [2.75, 3.05) is 6.54 Å². The molecule has 0 aromatic carbocycles. The van der Waals surface area contributed by atoms with E-state index in [1.54, 1.807) is 6.33 Å². The van der Waals surface area contributed by atoms with E-state index in [0.717, 1.165) is 37.2 Å². The predicted molar refractivity (Wildman–Crippen MR) is 64.1 cm³/mol. The number of aryl methyl sites for hydroxylation is 1. The lowest BCUT2D eigenvalue weighted by atomic mass is 10.1. The Bertz CT molecular complexity index is 334. The number of nitrogens with zero attached hydrogens (tertiary/aromatic N) is 3. The highest BCUT2D eigenvalue weighted by molar-refractivity contribution is 4.98. The average Bonchev–Trinajstić information content (AvgIpc) is 2.83. The molecular weight excluding hydrogens is 200 g/mol. The van der Waals surface area contributed by atoms with Crippen LogP contribution in [-0.2, 0) is 13.0 Å². The summed E-state index contributed by atoms with van der Waals surface area (Å²) in [6.45, 7) is 8.56. The minimum absolute atomic E-state index is 0.578. The third-order valence-corrected chi connectivity index (χ3v) is 3.55. The van der Waals surface area contributed by atoms with Crippen LogP contribution in [-0.4, -0.2) is 27.4 Å². The lowest BCUT2D eigenvalue weighted by Gasteiger charge is -2.17. The zero-order chi connectivity index (χ0) is 11.5. The Morgan fingerprint density at radius 1 is 1.56 bits per heavy atom. The van der Waals surface area contributed by atoms with Crippen molar-refractivity contribution in [1.82, 2.24) is 20.1 Å². The molecule has 1 heterocycles. The normalized spacial score (nSPS) is 25.7. The first kappa shape index (κ1) is 11.6. The standard InChI is InChI=1S/C12H22N4/c1-4-13-11(10-6-9(10)3)7-12-14-8-15-16(12)5-2/h8-11,13H,4-7H2,1-3H3. The molecule has 4 heteroatoms. The molecule has 1 aromatic rings. The number of likely N-dealkylation sites (N-methyl/N-ethyl adjacent to an activating group) is 1. The van der Waals surface area contributed by atoms with Gasteiger partial charge in [-0.05, 0) is 31.7 Å². The fourth-order valence-electron chi connectivity index (χ4n) is 2.46. The molecule has 1 fully saturated rings. The number of aromatic nitrogens is 3. The van der Waals surface area contributed by atoms with E-state index in [0.29, 0.717) is 6.04 Å². The maximum atomic E-state index is 4.36. The third kappa shape index (κ3) is 2.43. The average molecular weight is 222 g/mol. The monoisotopic (exact) mass is 222 g/mol. The highest BCUT2D eigenvalue weighted by atomic mass is 15.3. The number of hydrogen-bond donors (Lipinski definition) is 1. The Kier molecular flexibility index (Phi) is 3.59. The topological polar surface area (TPSA) is 42.7 Å². The first-order valence-corrected chi connectivity index (χ1v) is 6.36. The van der Waals surface area contributed by atoms with Gasteiger partial charge in [-0.15, -0.1) is 0 Å². The molecule has 4 nitrogen and oxygen atoms in total. The van der Waals surface area contributed by atoms with Crippen LogP contribution in [0.2, 0.25) is 0 Å². The fraction of sp³-hybridized carbons (Fsp3) is 0.833. The summed E-state index contributed by atoms with van der Waals surface area (Å²) in [5.41, 5.74) is 0. The molecule has 0 spiro atoms. The van der Waals surface area contributed by atoms with E-state index in [1.807, 2.05) is 4.68 Å². The smallest absolute Gasteiger partial charge is 0.138 e. The van der Waals surface area contributed by atoms with Crippen LogP contribution in [0.15, 0.2) is 6.33 Å². The molecule has 0 aliphatic heterocycles. The van der Waals surface area contributed by atoms with Gasteiger partial charge in [-0.25, -0.2) is 4.98 Å². The molecule has 16 heavy (non-hydrogen) atoms. The van der Waals surface area contributed by atoms with Crippen LogP contribution in [0.4, 0.5) is 0 Å². The van der Waals surface area contributed by atoms with Crippen LogP contribution in [0, 0.1) is 11.8 Å². The first-order chi connectivity index (χ1) is 7.76. The van der Waals surface area contributed by atoms with Crippen molar-refractivity contribution in [3.05, 3.63) is 12.2 Å². The van der Waals surface area contributed by atoms with Crippen molar-refractivity contribution in [1.29, 1.82) is 0 Å². The van der Waals surface area contributed by atoms with Gasteiger partial charge in [0.2, 0.25) is 0 Å². The van der Waals surface area contributed by atoms with Gasteiger partial charge in [0.1, 0.15) is 12.2 Å². The van der Waals surface area contributed by atoms with Crippen molar-refractivity contribution in [3.63, 3.8) is 0 Å². The van der Waals surface area contributed by atoms with Crippen molar-refractivity contribution in [2.24, 2.45) is 11.8 Å². The van der Waals surface area contributed by atoms with Gasteiger partial charge in [0, 0.05) is 19.0 Å². The van der Waals surface area contributed by atoms with Gasteiger partial charge in [0.25, 0.3) is 0 Å². The first-order valence-electron chi connectivity index (χ1n) is 6.36. The molecule has 2 rings (SSSR count). The zero-order valence-corrected chi connectivity index (χ0v) is 10.5. The molecule has 0 bridgehead atoms. The van der Waals surface area contributed by atoms with Crippen molar-refractivity contribution >= 4 is 0 Å². The molecule has 1 aliphatic carbocycles. The van der Waals surface area contributed by atoms with Crippen LogP contribution in [0.5, 0.6) is 0 Å². The molecule has 90 valence electrons. The summed E-state index contributed by atoms with van der Waals surface area (Å²) in [5.74, 6) is 2.83. The summed E-state index contributed by atoms with van der Waals surface area (Å²) >= 11 is 0. The summed E-state index contributed by atoms with van der Waals surface area (Å²) < 4.78 is 2.00. The minimum atomic E-state index is 0.578. The van der Waals surface area contributed by atoms with E-state index in [9.17, 15) is 0 Å². The van der Waals surface area contributed by atoms with Gasteiger partial charge in [-0.1, -0.05) is 13.8 Å². The van der Waals surface area contributed by atoms with Crippen LogP contribution in [0.1, 0.15) is 33.0 Å². The molecule has 0 radical (unpaired) electrons. The summed E-state index contributed by atoms with van der Waals surface area (Å²) in [5, 5.41) is 7.81.